The van der Waals surface area contributed by atoms with Gasteiger partial charge in [-0.25, -0.2) is 4.98 Å². The molecule has 0 aliphatic heterocycles. The van der Waals surface area contributed by atoms with Gasteiger partial charge in [0, 0.05) is 18.7 Å². The van der Waals surface area contributed by atoms with Crippen molar-refractivity contribution in [2.45, 2.75) is 6.54 Å². The van der Waals surface area contributed by atoms with E-state index in [1.807, 2.05) is 0 Å². The van der Waals surface area contributed by atoms with Gasteiger partial charge in [0.2, 0.25) is 0 Å². The van der Waals surface area contributed by atoms with Gasteiger partial charge in [-0.2, -0.15) is 4.98 Å². The number of hydrogen-bond acceptors (Lipinski definition) is 5. The number of nitro benzene ring substituents is 1. The summed E-state index contributed by atoms with van der Waals surface area (Å²) in [5, 5.41) is 10.6. The van der Waals surface area contributed by atoms with E-state index in [1.165, 1.54) is 24.8 Å². The van der Waals surface area contributed by atoms with Crippen LogP contribution in [0.15, 0.2) is 41.7 Å². The fourth-order valence-electron chi connectivity index (χ4n) is 1.96. The van der Waals surface area contributed by atoms with E-state index < -0.39 is 4.92 Å². The lowest BCUT2D eigenvalue weighted by molar-refractivity contribution is -0.384. The summed E-state index contributed by atoms with van der Waals surface area (Å²) in [7, 11) is 0. The van der Waals surface area contributed by atoms with Gasteiger partial charge >= 0.3 is 0 Å². The quantitative estimate of drug-likeness (QED) is 0.566. The van der Waals surface area contributed by atoms with E-state index in [9.17, 15) is 14.9 Å². The predicted octanol–water partition coefficient (Wildman–Crippen LogP) is 1.08. The van der Waals surface area contributed by atoms with Crippen molar-refractivity contribution >= 4 is 16.9 Å². The first-order chi connectivity index (χ1) is 9.65. The minimum absolute atomic E-state index is 0.0313. The van der Waals surface area contributed by atoms with Crippen molar-refractivity contribution in [1.29, 1.82) is 0 Å². The summed E-state index contributed by atoms with van der Waals surface area (Å²) in [6.45, 7) is 0.392. The summed E-state index contributed by atoms with van der Waals surface area (Å²) in [5.41, 5.74) is 1.35. The number of aromatic nitrogens is 4. The Bertz CT molecular complexity index is 834. The van der Waals surface area contributed by atoms with Crippen LogP contribution in [0.3, 0.4) is 0 Å². The zero-order valence-corrected chi connectivity index (χ0v) is 10.2. The van der Waals surface area contributed by atoms with Crippen LogP contribution < -0.4 is 5.56 Å². The zero-order valence-electron chi connectivity index (χ0n) is 10.2. The van der Waals surface area contributed by atoms with Crippen LogP contribution in [0, 0.1) is 10.1 Å². The first-order valence-electron chi connectivity index (χ1n) is 5.77. The van der Waals surface area contributed by atoms with Crippen molar-refractivity contribution in [2.24, 2.45) is 0 Å². The molecule has 0 radical (unpaired) electrons. The number of aromatic amines is 1. The fraction of sp³-hybridized carbons (Fsp3) is 0.0833. The molecule has 0 saturated heterocycles. The summed E-state index contributed by atoms with van der Waals surface area (Å²) in [6.07, 6.45) is 2.83. The molecule has 20 heavy (non-hydrogen) atoms. The Hall–Kier alpha value is -3.03. The molecular formula is C12H9N5O3. The van der Waals surface area contributed by atoms with Gasteiger partial charge < -0.3 is 9.55 Å². The average molecular weight is 271 g/mol. The molecule has 0 amide bonds. The van der Waals surface area contributed by atoms with E-state index in [1.54, 1.807) is 16.7 Å². The molecule has 100 valence electrons. The second-order valence-electron chi connectivity index (χ2n) is 4.20. The molecular weight excluding hydrogens is 262 g/mol. The standard InChI is InChI=1S/C12H9N5O3/c18-12-10-11(13-6-14-12)15-7-16(10)5-8-1-3-9(4-2-8)17(19)20/h1-4,6-7H,5H2,(H,13,14,18). The summed E-state index contributed by atoms with van der Waals surface area (Å²) < 4.78 is 1.66. The monoisotopic (exact) mass is 271 g/mol. The molecule has 2 aromatic heterocycles. The molecule has 0 aliphatic rings. The topological polar surface area (TPSA) is 107 Å². The molecule has 0 aliphatic carbocycles. The number of imidazole rings is 1. The largest absolute Gasteiger partial charge is 0.329 e. The van der Waals surface area contributed by atoms with Gasteiger partial charge in [-0.05, 0) is 5.56 Å². The van der Waals surface area contributed by atoms with Crippen molar-refractivity contribution < 1.29 is 4.92 Å². The van der Waals surface area contributed by atoms with E-state index >= 15 is 0 Å². The molecule has 0 atom stereocenters. The Morgan fingerprint density at radius 3 is 2.70 bits per heavy atom. The average Bonchev–Trinajstić information content (AvgIpc) is 2.84. The van der Waals surface area contributed by atoms with Crippen molar-refractivity contribution in [3.8, 4) is 0 Å². The van der Waals surface area contributed by atoms with Crippen molar-refractivity contribution in [3.05, 3.63) is 63.0 Å². The van der Waals surface area contributed by atoms with Crippen LogP contribution in [0.4, 0.5) is 5.69 Å². The second-order valence-corrected chi connectivity index (χ2v) is 4.20. The zero-order chi connectivity index (χ0) is 14.1. The van der Waals surface area contributed by atoms with Gasteiger partial charge in [0.1, 0.15) is 0 Å². The van der Waals surface area contributed by atoms with Gasteiger partial charge in [0.25, 0.3) is 11.2 Å². The highest BCUT2D eigenvalue weighted by Crippen LogP contribution is 2.14. The normalized spacial score (nSPS) is 10.8. The number of hydrogen-bond donors (Lipinski definition) is 1. The van der Waals surface area contributed by atoms with E-state index in [4.69, 9.17) is 0 Å². The molecule has 0 unspecified atom stereocenters. The molecule has 3 rings (SSSR count). The molecule has 2 heterocycles. The number of non-ortho nitro benzene ring substituents is 1. The first kappa shape index (κ1) is 12.0. The Morgan fingerprint density at radius 1 is 1.25 bits per heavy atom. The van der Waals surface area contributed by atoms with Crippen LogP contribution in [0.5, 0.6) is 0 Å². The molecule has 0 fully saturated rings. The lowest BCUT2D eigenvalue weighted by atomic mass is 10.2. The second kappa shape index (κ2) is 4.57. The smallest absolute Gasteiger partial charge is 0.298 e. The van der Waals surface area contributed by atoms with Crippen molar-refractivity contribution in [2.75, 3.05) is 0 Å². The third kappa shape index (κ3) is 2.03. The number of benzene rings is 1. The number of nitro groups is 1. The van der Waals surface area contributed by atoms with Crippen molar-refractivity contribution in [1.82, 2.24) is 19.5 Å². The number of nitrogens with zero attached hydrogens (tertiary/aromatic N) is 4. The fourth-order valence-corrected chi connectivity index (χ4v) is 1.96. The van der Waals surface area contributed by atoms with Crippen LogP contribution in [-0.2, 0) is 6.54 Å². The summed E-state index contributed by atoms with van der Waals surface area (Å²) in [4.78, 5) is 32.4. The highest BCUT2D eigenvalue weighted by Gasteiger charge is 2.09. The van der Waals surface area contributed by atoms with E-state index in [2.05, 4.69) is 15.0 Å². The minimum Gasteiger partial charge on any atom is -0.329 e. The molecule has 0 spiro atoms. The molecule has 8 nitrogen and oxygen atoms in total. The highest BCUT2D eigenvalue weighted by atomic mass is 16.6. The Kier molecular flexibility index (Phi) is 2.75. The van der Waals surface area contributed by atoms with Crippen LogP contribution in [0.2, 0.25) is 0 Å². The molecule has 8 heteroatoms. The van der Waals surface area contributed by atoms with Crippen LogP contribution in [0.25, 0.3) is 11.2 Å². The molecule has 0 saturated carbocycles. The molecule has 1 aromatic carbocycles. The number of nitrogens with one attached hydrogen (secondary N) is 1. The summed E-state index contributed by atoms with van der Waals surface area (Å²) in [6, 6.07) is 6.15. The SMILES string of the molecule is O=c1nc[nH]c2ncn(Cc3ccc([N+](=O)[O-])cc3)c12. The third-order valence-electron chi connectivity index (χ3n) is 2.92. The molecule has 1 N–H and O–H groups in total. The third-order valence-corrected chi connectivity index (χ3v) is 2.92. The Balaban J connectivity index is 1.97. The molecule has 0 bridgehead atoms. The lowest BCUT2D eigenvalue weighted by Crippen LogP contribution is -2.11. The van der Waals surface area contributed by atoms with Gasteiger partial charge in [-0.1, -0.05) is 12.1 Å². The van der Waals surface area contributed by atoms with E-state index in [0.717, 1.165) is 5.56 Å². The van der Waals surface area contributed by atoms with Gasteiger partial charge in [0.15, 0.2) is 11.2 Å². The van der Waals surface area contributed by atoms with Crippen LogP contribution >= 0.6 is 0 Å². The number of rotatable bonds is 3. The molecule has 3 aromatic rings. The van der Waals surface area contributed by atoms with Crippen LogP contribution in [0.1, 0.15) is 5.56 Å². The van der Waals surface area contributed by atoms with E-state index in [0.29, 0.717) is 17.7 Å². The van der Waals surface area contributed by atoms with Gasteiger partial charge in [-0.3, -0.25) is 14.9 Å². The summed E-state index contributed by atoms with van der Waals surface area (Å²) in [5.74, 6) is 0. The summed E-state index contributed by atoms with van der Waals surface area (Å²) >= 11 is 0. The lowest BCUT2D eigenvalue weighted by Gasteiger charge is -2.03. The maximum atomic E-state index is 11.7. The minimum atomic E-state index is -0.453. The predicted molar refractivity (Wildman–Crippen MR) is 70.3 cm³/mol. The van der Waals surface area contributed by atoms with Crippen molar-refractivity contribution in [3.63, 3.8) is 0 Å². The Labute approximate surface area is 111 Å². The number of fused-ring (bicyclic) bond motifs is 1. The maximum Gasteiger partial charge on any atom is 0.298 e. The highest BCUT2D eigenvalue weighted by molar-refractivity contribution is 5.68. The maximum absolute atomic E-state index is 11.7. The van der Waals surface area contributed by atoms with Gasteiger partial charge in [0.05, 0.1) is 17.6 Å². The van der Waals surface area contributed by atoms with E-state index in [-0.39, 0.29) is 11.2 Å². The van der Waals surface area contributed by atoms with Gasteiger partial charge in [-0.15, -0.1) is 0 Å². The Morgan fingerprint density at radius 2 is 2.00 bits per heavy atom. The van der Waals surface area contributed by atoms with Crippen LogP contribution in [-0.4, -0.2) is 24.4 Å². The number of H-pyrrole nitrogens is 1. The first-order valence-corrected chi connectivity index (χ1v) is 5.77.